The van der Waals surface area contributed by atoms with E-state index in [1.54, 1.807) is 17.7 Å². The zero-order valence-corrected chi connectivity index (χ0v) is 13.7. The summed E-state index contributed by atoms with van der Waals surface area (Å²) in [4.78, 5) is 6.58. The van der Waals surface area contributed by atoms with E-state index in [-0.39, 0.29) is 0 Å². The minimum absolute atomic E-state index is 0.334. The zero-order valence-electron chi connectivity index (χ0n) is 13.7. The summed E-state index contributed by atoms with van der Waals surface area (Å²) in [7, 11) is 1.61. The summed E-state index contributed by atoms with van der Waals surface area (Å²) in [5.74, 6) is 3.14. The Hall–Kier alpha value is -2.55. The van der Waals surface area contributed by atoms with Crippen LogP contribution in [0.5, 0.6) is 5.88 Å². The molecule has 0 radical (unpaired) electrons. The monoisotopic (exact) mass is 329 g/mol. The van der Waals surface area contributed by atoms with E-state index in [9.17, 15) is 0 Å². The smallest absolute Gasteiger partial charge is 0.240 e. The molecule has 1 aliphatic heterocycles. The van der Waals surface area contributed by atoms with Crippen LogP contribution in [0.2, 0.25) is 0 Å². The van der Waals surface area contributed by atoms with Crippen LogP contribution in [0, 0.1) is 6.92 Å². The number of rotatable bonds is 4. The van der Waals surface area contributed by atoms with E-state index in [2.05, 4.69) is 30.3 Å². The van der Waals surface area contributed by atoms with Gasteiger partial charge in [0.2, 0.25) is 11.8 Å². The van der Waals surface area contributed by atoms with Crippen molar-refractivity contribution < 1.29 is 9.26 Å². The molecule has 0 unspecified atom stereocenters. The number of nitrogens with zero attached hydrogens (tertiary/aromatic N) is 7. The summed E-state index contributed by atoms with van der Waals surface area (Å²) in [5, 5.41) is 16.8. The highest BCUT2D eigenvalue weighted by Gasteiger charge is 2.26. The third-order valence-electron chi connectivity index (χ3n) is 4.35. The number of hydrogen-bond acceptors (Lipinski definition) is 8. The Bertz CT molecular complexity index is 835. The van der Waals surface area contributed by atoms with Crippen LogP contribution in [0.25, 0.3) is 5.65 Å². The van der Waals surface area contributed by atoms with Crippen LogP contribution < -0.4 is 4.74 Å². The lowest BCUT2D eigenvalue weighted by Crippen LogP contribution is -2.33. The highest BCUT2D eigenvalue weighted by Crippen LogP contribution is 2.27. The number of piperidine rings is 1. The van der Waals surface area contributed by atoms with E-state index in [0.717, 1.165) is 37.4 Å². The maximum Gasteiger partial charge on any atom is 0.240 e. The molecule has 4 heterocycles. The number of hydrogen-bond donors (Lipinski definition) is 0. The number of aromatic nitrogens is 6. The largest absolute Gasteiger partial charge is 0.480 e. The lowest BCUT2D eigenvalue weighted by atomic mass is 9.96. The molecule has 9 heteroatoms. The van der Waals surface area contributed by atoms with Crippen LogP contribution >= 0.6 is 0 Å². The van der Waals surface area contributed by atoms with Gasteiger partial charge in [0.05, 0.1) is 13.7 Å². The van der Waals surface area contributed by atoms with Crippen LogP contribution in [0.15, 0.2) is 16.7 Å². The molecule has 0 aliphatic carbocycles. The molecule has 3 aromatic rings. The van der Waals surface area contributed by atoms with Gasteiger partial charge in [-0.05, 0) is 38.9 Å². The maximum absolute atomic E-state index is 5.20. The SMILES string of the molecule is COc1ccc2nnc(C3CCN(Cc4nc(C)no4)CC3)n2n1. The minimum atomic E-state index is 0.334. The second-order valence-corrected chi connectivity index (χ2v) is 5.99. The summed E-state index contributed by atoms with van der Waals surface area (Å²) >= 11 is 0. The van der Waals surface area contributed by atoms with Crippen LogP contribution in [0.4, 0.5) is 0 Å². The molecule has 0 N–H and O–H groups in total. The van der Waals surface area contributed by atoms with Crippen molar-refractivity contribution in [1.82, 2.24) is 34.9 Å². The Labute approximate surface area is 138 Å². The first kappa shape index (κ1) is 15.0. The predicted molar refractivity (Wildman–Crippen MR) is 83.6 cm³/mol. The van der Waals surface area contributed by atoms with Crippen LogP contribution in [0.1, 0.15) is 36.3 Å². The molecular weight excluding hydrogens is 310 g/mol. The van der Waals surface area contributed by atoms with E-state index < -0.39 is 0 Å². The molecule has 1 saturated heterocycles. The van der Waals surface area contributed by atoms with E-state index in [1.165, 1.54) is 0 Å². The van der Waals surface area contributed by atoms with E-state index >= 15 is 0 Å². The van der Waals surface area contributed by atoms with Gasteiger partial charge < -0.3 is 9.26 Å². The first-order valence-corrected chi connectivity index (χ1v) is 8.01. The van der Waals surface area contributed by atoms with Gasteiger partial charge in [-0.25, -0.2) is 0 Å². The number of ether oxygens (including phenoxy) is 1. The highest BCUT2D eigenvalue weighted by molar-refractivity contribution is 5.38. The summed E-state index contributed by atoms with van der Waals surface area (Å²) in [6, 6.07) is 3.66. The second kappa shape index (κ2) is 6.16. The fourth-order valence-corrected chi connectivity index (χ4v) is 3.10. The Morgan fingerprint density at radius 1 is 1.25 bits per heavy atom. The number of aryl methyl sites for hydroxylation is 1. The van der Waals surface area contributed by atoms with Crippen LogP contribution in [-0.2, 0) is 6.54 Å². The lowest BCUT2D eigenvalue weighted by Gasteiger charge is -2.29. The Kier molecular flexibility index (Phi) is 3.85. The van der Waals surface area contributed by atoms with Gasteiger partial charge in [-0.3, -0.25) is 4.90 Å². The molecule has 1 aliphatic rings. The van der Waals surface area contributed by atoms with Crippen molar-refractivity contribution in [2.45, 2.75) is 32.2 Å². The topological polar surface area (TPSA) is 94.5 Å². The maximum atomic E-state index is 5.20. The molecule has 0 amide bonds. The molecule has 9 nitrogen and oxygen atoms in total. The summed E-state index contributed by atoms with van der Waals surface area (Å²) in [6.07, 6.45) is 1.99. The van der Waals surface area contributed by atoms with Gasteiger partial charge in [0.1, 0.15) is 0 Å². The van der Waals surface area contributed by atoms with Gasteiger partial charge in [-0.15, -0.1) is 15.3 Å². The zero-order chi connectivity index (χ0) is 16.5. The first-order chi connectivity index (χ1) is 11.7. The average Bonchev–Trinajstić information content (AvgIpc) is 3.21. The number of methoxy groups -OCH3 is 1. The highest BCUT2D eigenvalue weighted by atomic mass is 16.5. The van der Waals surface area contributed by atoms with Crippen molar-refractivity contribution in [2.75, 3.05) is 20.2 Å². The average molecular weight is 329 g/mol. The first-order valence-electron chi connectivity index (χ1n) is 8.01. The molecule has 0 aromatic carbocycles. The molecule has 24 heavy (non-hydrogen) atoms. The second-order valence-electron chi connectivity index (χ2n) is 5.99. The molecule has 1 fully saturated rings. The van der Waals surface area contributed by atoms with Crippen molar-refractivity contribution in [3.05, 3.63) is 29.7 Å². The Morgan fingerprint density at radius 3 is 2.79 bits per heavy atom. The fraction of sp³-hybridized carbons (Fsp3) is 0.533. The molecule has 0 atom stereocenters. The number of likely N-dealkylation sites (tertiary alicyclic amines) is 1. The van der Waals surface area contributed by atoms with Crippen LogP contribution in [0.3, 0.4) is 0 Å². The number of fused-ring (bicyclic) bond motifs is 1. The molecule has 0 saturated carbocycles. The third-order valence-corrected chi connectivity index (χ3v) is 4.35. The molecule has 3 aromatic heterocycles. The summed E-state index contributed by atoms with van der Waals surface area (Å²) in [6.45, 7) is 4.42. The Balaban J connectivity index is 1.45. The molecule has 0 bridgehead atoms. The van der Waals surface area contributed by atoms with Crippen molar-refractivity contribution in [2.24, 2.45) is 0 Å². The normalized spacial score (nSPS) is 16.8. The summed E-state index contributed by atoms with van der Waals surface area (Å²) < 4.78 is 12.2. The minimum Gasteiger partial charge on any atom is -0.480 e. The van der Waals surface area contributed by atoms with Crippen molar-refractivity contribution >= 4 is 5.65 Å². The van der Waals surface area contributed by atoms with Gasteiger partial charge in [-0.2, -0.15) is 9.50 Å². The van der Waals surface area contributed by atoms with E-state index in [4.69, 9.17) is 9.26 Å². The Morgan fingerprint density at radius 2 is 2.08 bits per heavy atom. The molecule has 126 valence electrons. The summed E-state index contributed by atoms with van der Waals surface area (Å²) in [5.41, 5.74) is 0.745. The fourth-order valence-electron chi connectivity index (χ4n) is 3.10. The van der Waals surface area contributed by atoms with Crippen molar-refractivity contribution in [1.29, 1.82) is 0 Å². The van der Waals surface area contributed by atoms with E-state index in [0.29, 0.717) is 30.1 Å². The molecular formula is C15H19N7O2. The molecule has 4 rings (SSSR count). The molecule has 0 spiro atoms. The lowest BCUT2D eigenvalue weighted by molar-refractivity contribution is 0.178. The van der Waals surface area contributed by atoms with E-state index in [1.807, 2.05) is 13.0 Å². The van der Waals surface area contributed by atoms with Gasteiger partial charge in [0, 0.05) is 12.0 Å². The van der Waals surface area contributed by atoms with Gasteiger partial charge in [0.15, 0.2) is 17.3 Å². The standard InChI is InChI=1S/C15H19N7O2/c1-10-16-14(24-20-10)9-21-7-5-11(6-8-21)15-18-17-12-3-4-13(23-2)19-22(12)15/h3-4,11H,5-9H2,1-2H3. The predicted octanol–water partition coefficient (Wildman–Crippen LogP) is 1.20. The van der Waals surface area contributed by atoms with Gasteiger partial charge in [-0.1, -0.05) is 5.16 Å². The van der Waals surface area contributed by atoms with Crippen LogP contribution in [-0.4, -0.2) is 55.1 Å². The van der Waals surface area contributed by atoms with Gasteiger partial charge in [0.25, 0.3) is 0 Å². The van der Waals surface area contributed by atoms with Crippen molar-refractivity contribution in [3.8, 4) is 5.88 Å². The van der Waals surface area contributed by atoms with Gasteiger partial charge >= 0.3 is 0 Å². The quantitative estimate of drug-likeness (QED) is 0.705. The van der Waals surface area contributed by atoms with Crippen molar-refractivity contribution in [3.63, 3.8) is 0 Å². The third kappa shape index (κ3) is 2.82.